The van der Waals surface area contributed by atoms with Gasteiger partial charge in [-0.25, -0.2) is 0 Å². The first kappa shape index (κ1) is 20.8. The van der Waals surface area contributed by atoms with Crippen molar-refractivity contribution in [1.82, 2.24) is 9.88 Å². The van der Waals surface area contributed by atoms with Crippen LogP contribution in [0, 0.1) is 0 Å². The van der Waals surface area contributed by atoms with Crippen molar-refractivity contribution in [1.29, 1.82) is 0 Å². The van der Waals surface area contributed by atoms with Gasteiger partial charge >= 0.3 is 15.2 Å². The van der Waals surface area contributed by atoms with E-state index in [0.717, 1.165) is 33.5 Å². The smallest absolute Gasteiger partial charge is 0.346 e. The van der Waals surface area contributed by atoms with E-state index in [1.807, 2.05) is 24.3 Å². The van der Waals surface area contributed by atoms with Crippen LogP contribution in [0.3, 0.4) is 0 Å². The number of fused-ring (bicyclic) bond motifs is 1. The number of aromatic amines is 1. The zero-order valence-corrected chi connectivity index (χ0v) is 15.8. The summed E-state index contributed by atoms with van der Waals surface area (Å²) in [7, 11) is -9.43. The Morgan fingerprint density at radius 1 is 1.04 bits per heavy atom. The molecular formula is C16H22N2O6P2. The Kier molecular flexibility index (Phi) is 6.42. The van der Waals surface area contributed by atoms with Crippen molar-refractivity contribution in [3.8, 4) is 0 Å². The molecule has 5 N–H and O–H groups in total. The normalized spacial score (nSPS) is 15.1. The number of rotatable bonds is 9. The summed E-state index contributed by atoms with van der Waals surface area (Å²) in [4.78, 5) is 42.5. The lowest BCUT2D eigenvalue weighted by atomic mass is 10.1. The Labute approximate surface area is 151 Å². The fourth-order valence-electron chi connectivity index (χ4n) is 2.94. The van der Waals surface area contributed by atoms with Gasteiger partial charge in [0.25, 0.3) is 0 Å². The average Bonchev–Trinajstić information content (AvgIpc) is 2.94. The van der Waals surface area contributed by atoms with Gasteiger partial charge in [-0.2, -0.15) is 0 Å². The van der Waals surface area contributed by atoms with Crippen LogP contribution in [0.15, 0.2) is 55.8 Å². The van der Waals surface area contributed by atoms with Crippen molar-refractivity contribution >= 4 is 26.1 Å². The second kappa shape index (κ2) is 8.03. The molecule has 2 aromatic rings. The van der Waals surface area contributed by atoms with Crippen molar-refractivity contribution in [3.05, 3.63) is 61.3 Å². The molecule has 0 amide bonds. The Hall–Kier alpha value is -1.50. The molecule has 10 heteroatoms. The van der Waals surface area contributed by atoms with Crippen LogP contribution in [0.4, 0.5) is 0 Å². The van der Waals surface area contributed by atoms with Crippen molar-refractivity contribution in [2.75, 3.05) is 6.54 Å². The fraction of sp³-hybridized carbons (Fsp3) is 0.250. The molecule has 0 radical (unpaired) electrons. The topological polar surface area (TPSA) is 134 Å². The minimum Gasteiger partial charge on any atom is -0.361 e. The van der Waals surface area contributed by atoms with E-state index in [-0.39, 0.29) is 6.54 Å². The van der Waals surface area contributed by atoms with Crippen LogP contribution in [0.1, 0.15) is 5.56 Å². The third-order valence-electron chi connectivity index (χ3n) is 4.10. The largest absolute Gasteiger partial charge is 0.361 e. The van der Waals surface area contributed by atoms with Gasteiger partial charge in [-0.15, -0.1) is 13.2 Å². The number of H-pyrrole nitrogens is 1. The maximum atomic E-state index is 11.8. The van der Waals surface area contributed by atoms with Crippen molar-refractivity contribution < 1.29 is 28.7 Å². The lowest BCUT2D eigenvalue weighted by Crippen LogP contribution is -2.42. The molecule has 8 nitrogen and oxygen atoms in total. The summed E-state index contributed by atoms with van der Waals surface area (Å²) in [6, 6.07) is 7.52. The highest BCUT2D eigenvalue weighted by Gasteiger charge is 2.41. The molecule has 1 aromatic carbocycles. The van der Waals surface area contributed by atoms with Gasteiger partial charge in [-0.05, 0) is 18.1 Å². The molecule has 0 aliphatic carbocycles. The van der Waals surface area contributed by atoms with Crippen LogP contribution in [0.25, 0.3) is 10.9 Å². The number of para-hydroxylation sites is 1. The zero-order valence-electron chi connectivity index (χ0n) is 14.0. The summed E-state index contributed by atoms with van der Waals surface area (Å²) < 4.78 is 23.6. The molecule has 2 unspecified atom stereocenters. The summed E-state index contributed by atoms with van der Waals surface area (Å²) >= 11 is 0. The van der Waals surface area contributed by atoms with Gasteiger partial charge in [0.05, 0.1) is 0 Å². The highest BCUT2D eigenvalue weighted by Crippen LogP contribution is 2.51. The molecule has 1 heterocycles. The quantitative estimate of drug-likeness (QED) is 0.322. The van der Waals surface area contributed by atoms with Crippen molar-refractivity contribution in [3.63, 3.8) is 0 Å². The first-order valence-corrected chi connectivity index (χ1v) is 11.1. The molecule has 0 saturated heterocycles. The maximum Gasteiger partial charge on any atom is 0.346 e. The highest BCUT2D eigenvalue weighted by molar-refractivity contribution is 7.53. The zero-order chi connectivity index (χ0) is 19.5. The maximum absolute atomic E-state index is 11.8. The van der Waals surface area contributed by atoms with E-state index in [0.29, 0.717) is 6.42 Å². The van der Waals surface area contributed by atoms with E-state index in [1.54, 1.807) is 6.20 Å². The third kappa shape index (κ3) is 4.61. The Morgan fingerprint density at radius 2 is 1.58 bits per heavy atom. The standard InChI is InChI=1S/C16H22N2O6P2/c1-3-15(25(19,20)21)18(16(4-2)26(22,23)24)10-9-12-11-17-14-8-6-5-7-13(12)14/h3-8,11,15-17H,1-2,9-10H2,(H2,19,20,21)(H2,22,23,24). The molecule has 0 aliphatic rings. The summed E-state index contributed by atoms with van der Waals surface area (Å²) in [5, 5.41) is 0.935. The molecule has 0 aliphatic heterocycles. The van der Waals surface area contributed by atoms with Crippen LogP contribution >= 0.6 is 15.2 Å². The van der Waals surface area contributed by atoms with Crippen molar-refractivity contribution in [2.45, 2.75) is 18.0 Å². The van der Waals surface area contributed by atoms with E-state index < -0.39 is 26.8 Å². The molecule has 142 valence electrons. The SMILES string of the molecule is C=CC(N(CCc1c[nH]c2ccccc12)C(C=C)P(=O)(O)O)P(=O)(O)O. The number of hydrogen-bond acceptors (Lipinski definition) is 3. The monoisotopic (exact) mass is 400 g/mol. The van der Waals surface area contributed by atoms with E-state index >= 15 is 0 Å². The third-order valence-corrected chi connectivity index (χ3v) is 6.50. The lowest BCUT2D eigenvalue weighted by Gasteiger charge is -2.35. The minimum absolute atomic E-state index is 0.00849. The van der Waals surface area contributed by atoms with Crippen LogP contribution < -0.4 is 0 Å². The van der Waals surface area contributed by atoms with Crippen LogP contribution in [-0.4, -0.2) is 47.6 Å². The Morgan fingerprint density at radius 3 is 2.08 bits per heavy atom. The number of nitrogens with one attached hydrogen (secondary N) is 1. The molecule has 0 saturated carbocycles. The Balaban J connectivity index is 2.37. The summed E-state index contributed by atoms with van der Waals surface area (Å²) in [5.41, 5.74) is 1.77. The highest BCUT2D eigenvalue weighted by atomic mass is 31.2. The summed E-state index contributed by atoms with van der Waals surface area (Å²) in [5.74, 6) is -3.08. The van der Waals surface area contributed by atoms with Crippen LogP contribution in [-0.2, 0) is 15.6 Å². The average molecular weight is 400 g/mol. The number of benzene rings is 1. The molecule has 2 atom stereocenters. The van der Waals surface area contributed by atoms with Crippen LogP contribution in [0.2, 0.25) is 0 Å². The molecule has 0 fully saturated rings. The fourth-order valence-corrected chi connectivity index (χ4v) is 4.89. The van der Waals surface area contributed by atoms with E-state index in [4.69, 9.17) is 0 Å². The summed E-state index contributed by atoms with van der Waals surface area (Å²) in [6.07, 6.45) is 4.09. The van der Waals surface area contributed by atoms with Gasteiger partial charge in [0.1, 0.15) is 11.6 Å². The second-order valence-corrected chi connectivity index (χ2v) is 9.24. The van der Waals surface area contributed by atoms with E-state index in [9.17, 15) is 28.7 Å². The van der Waals surface area contributed by atoms with Gasteiger partial charge in [0.2, 0.25) is 0 Å². The first-order valence-electron chi connectivity index (χ1n) is 7.76. The Bertz CT molecular complexity index is 850. The van der Waals surface area contributed by atoms with Crippen LogP contribution in [0.5, 0.6) is 0 Å². The van der Waals surface area contributed by atoms with Gasteiger partial charge in [0.15, 0.2) is 0 Å². The molecule has 0 spiro atoms. The number of hydrogen-bond donors (Lipinski definition) is 5. The van der Waals surface area contributed by atoms with Gasteiger partial charge < -0.3 is 24.6 Å². The van der Waals surface area contributed by atoms with Gasteiger partial charge in [0, 0.05) is 23.6 Å². The van der Waals surface area contributed by atoms with E-state index in [1.165, 1.54) is 0 Å². The molecular weight excluding hydrogens is 378 g/mol. The lowest BCUT2D eigenvalue weighted by molar-refractivity contribution is 0.218. The number of aromatic nitrogens is 1. The van der Waals surface area contributed by atoms with E-state index in [2.05, 4.69) is 18.1 Å². The first-order chi connectivity index (χ1) is 12.1. The minimum atomic E-state index is -4.71. The second-order valence-electron chi connectivity index (χ2n) is 5.82. The molecule has 1 aromatic heterocycles. The summed E-state index contributed by atoms with van der Waals surface area (Å²) in [6.45, 7) is 6.82. The molecule has 26 heavy (non-hydrogen) atoms. The van der Waals surface area contributed by atoms with Gasteiger partial charge in [-0.3, -0.25) is 14.0 Å². The predicted molar refractivity (Wildman–Crippen MR) is 101 cm³/mol. The number of nitrogens with zero attached hydrogens (tertiary/aromatic N) is 1. The molecule has 2 rings (SSSR count). The van der Waals surface area contributed by atoms with Gasteiger partial charge in [-0.1, -0.05) is 30.4 Å². The molecule has 0 bridgehead atoms. The predicted octanol–water partition coefficient (Wildman–Crippen LogP) is 2.39. The van der Waals surface area contributed by atoms with Crippen molar-refractivity contribution in [2.24, 2.45) is 0 Å².